The van der Waals surface area contributed by atoms with Crippen LogP contribution < -0.4 is 10.5 Å². The van der Waals surface area contributed by atoms with E-state index in [4.69, 9.17) is 15.7 Å². The van der Waals surface area contributed by atoms with Gasteiger partial charge in [0.25, 0.3) is 0 Å². The Bertz CT molecular complexity index is 502. The Hall–Kier alpha value is -1.75. The van der Waals surface area contributed by atoms with Crippen molar-refractivity contribution in [3.05, 3.63) is 29.3 Å². The zero-order valence-corrected chi connectivity index (χ0v) is 12.9. The average molecular weight is 291 g/mol. The predicted molar refractivity (Wildman–Crippen MR) is 83.8 cm³/mol. The third kappa shape index (κ3) is 3.67. The van der Waals surface area contributed by atoms with Gasteiger partial charge in [0.1, 0.15) is 5.75 Å². The lowest BCUT2D eigenvalue weighted by molar-refractivity contribution is 0.136. The van der Waals surface area contributed by atoms with E-state index in [-0.39, 0.29) is 5.84 Å². The molecule has 0 saturated carbocycles. The number of likely N-dealkylation sites (tertiary alicyclic amines) is 1. The molecule has 1 unspecified atom stereocenters. The summed E-state index contributed by atoms with van der Waals surface area (Å²) in [5.74, 6) is 0.718. The first-order chi connectivity index (χ1) is 10.2. The van der Waals surface area contributed by atoms with E-state index in [1.54, 1.807) is 7.11 Å². The van der Waals surface area contributed by atoms with E-state index in [0.29, 0.717) is 17.4 Å². The second-order valence-electron chi connectivity index (χ2n) is 5.55. The molecule has 1 atom stereocenters. The smallest absolute Gasteiger partial charge is 0.173 e. The highest BCUT2D eigenvalue weighted by atomic mass is 16.5. The monoisotopic (exact) mass is 291 g/mol. The van der Waals surface area contributed by atoms with Crippen molar-refractivity contribution >= 4 is 5.84 Å². The topological polar surface area (TPSA) is 71.1 Å². The van der Waals surface area contributed by atoms with Crippen LogP contribution in [-0.2, 0) is 6.54 Å². The van der Waals surface area contributed by atoms with E-state index in [9.17, 15) is 0 Å². The highest BCUT2D eigenvalue weighted by Crippen LogP contribution is 2.25. The summed E-state index contributed by atoms with van der Waals surface area (Å²) in [5.41, 5.74) is 7.47. The van der Waals surface area contributed by atoms with E-state index < -0.39 is 0 Å². The molecule has 1 aromatic rings. The minimum absolute atomic E-state index is 0.0720. The minimum Gasteiger partial charge on any atom is -0.496 e. The zero-order valence-electron chi connectivity index (χ0n) is 12.9. The zero-order chi connectivity index (χ0) is 15.2. The molecule has 0 amide bonds. The summed E-state index contributed by atoms with van der Waals surface area (Å²) in [7, 11) is 1.60. The maximum Gasteiger partial charge on any atom is 0.173 e. The van der Waals surface area contributed by atoms with Crippen LogP contribution in [0.25, 0.3) is 0 Å². The Morgan fingerprint density at radius 2 is 2.29 bits per heavy atom. The minimum atomic E-state index is 0.0720. The normalized spacial score (nSPS) is 20.5. The Labute approximate surface area is 126 Å². The van der Waals surface area contributed by atoms with Gasteiger partial charge in [-0.1, -0.05) is 24.6 Å². The number of nitrogens with two attached hydrogens (primary N) is 1. The summed E-state index contributed by atoms with van der Waals surface area (Å²) < 4.78 is 5.36. The molecular formula is C16H25N3O2. The third-order valence-electron chi connectivity index (χ3n) is 4.26. The first kappa shape index (κ1) is 15.6. The average Bonchev–Trinajstić information content (AvgIpc) is 2.54. The van der Waals surface area contributed by atoms with Crippen molar-refractivity contribution in [1.29, 1.82) is 0 Å². The lowest BCUT2D eigenvalue weighted by atomic mass is 9.99. The van der Waals surface area contributed by atoms with Gasteiger partial charge in [-0.2, -0.15) is 0 Å². The number of hydrogen-bond acceptors (Lipinski definition) is 4. The van der Waals surface area contributed by atoms with E-state index in [2.05, 4.69) is 17.0 Å². The quantitative estimate of drug-likeness (QED) is 0.378. The van der Waals surface area contributed by atoms with Crippen LogP contribution in [-0.4, -0.2) is 35.6 Å². The van der Waals surface area contributed by atoms with Crippen LogP contribution >= 0.6 is 0 Å². The Kier molecular flexibility index (Phi) is 5.44. The molecule has 21 heavy (non-hydrogen) atoms. The number of methoxy groups -OCH3 is 1. The van der Waals surface area contributed by atoms with Gasteiger partial charge in [-0.3, -0.25) is 4.90 Å². The largest absolute Gasteiger partial charge is 0.496 e. The van der Waals surface area contributed by atoms with Gasteiger partial charge < -0.3 is 15.7 Å². The second-order valence-corrected chi connectivity index (χ2v) is 5.55. The first-order valence-electron chi connectivity index (χ1n) is 7.58. The molecule has 0 spiro atoms. The van der Waals surface area contributed by atoms with E-state index in [1.165, 1.54) is 31.2 Å². The van der Waals surface area contributed by atoms with Crippen LogP contribution in [0.3, 0.4) is 0 Å². The molecule has 5 heteroatoms. The van der Waals surface area contributed by atoms with Crippen LogP contribution in [0.4, 0.5) is 0 Å². The van der Waals surface area contributed by atoms with Crippen molar-refractivity contribution in [3.63, 3.8) is 0 Å². The fourth-order valence-electron chi connectivity index (χ4n) is 3.06. The van der Waals surface area contributed by atoms with Crippen molar-refractivity contribution in [2.24, 2.45) is 10.9 Å². The fraction of sp³-hybridized carbons (Fsp3) is 0.562. The van der Waals surface area contributed by atoms with Crippen molar-refractivity contribution in [2.75, 3.05) is 13.7 Å². The molecule has 3 N–H and O–H groups in total. The number of piperidine rings is 1. The van der Waals surface area contributed by atoms with Gasteiger partial charge in [0, 0.05) is 12.6 Å². The SMILES string of the molecule is CCC1CCCCN1Cc1ccc(/C(N)=N/O)c(OC)c1. The summed E-state index contributed by atoms with van der Waals surface area (Å²) in [6.45, 7) is 4.33. The highest BCUT2D eigenvalue weighted by Gasteiger charge is 2.21. The van der Waals surface area contributed by atoms with Crippen molar-refractivity contribution in [1.82, 2.24) is 4.90 Å². The van der Waals surface area contributed by atoms with Crippen LogP contribution in [0, 0.1) is 0 Å². The van der Waals surface area contributed by atoms with Gasteiger partial charge in [0.05, 0.1) is 12.7 Å². The number of benzene rings is 1. The van der Waals surface area contributed by atoms with Gasteiger partial charge in [0.15, 0.2) is 5.84 Å². The molecule has 1 heterocycles. The van der Waals surface area contributed by atoms with Crippen LogP contribution in [0.5, 0.6) is 5.75 Å². The van der Waals surface area contributed by atoms with Crippen LogP contribution in [0.15, 0.2) is 23.4 Å². The van der Waals surface area contributed by atoms with Gasteiger partial charge >= 0.3 is 0 Å². The number of amidine groups is 1. The molecular weight excluding hydrogens is 266 g/mol. The summed E-state index contributed by atoms with van der Waals surface area (Å²) in [6.07, 6.45) is 5.09. The lowest BCUT2D eigenvalue weighted by Gasteiger charge is -2.35. The van der Waals surface area contributed by atoms with Gasteiger partial charge in [-0.15, -0.1) is 0 Å². The molecule has 0 radical (unpaired) electrons. The second kappa shape index (κ2) is 7.31. The maximum absolute atomic E-state index is 8.80. The Morgan fingerprint density at radius 3 is 2.95 bits per heavy atom. The number of hydrogen-bond donors (Lipinski definition) is 2. The summed E-state index contributed by atoms with van der Waals surface area (Å²) in [5, 5.41) is 11.8. The predicted octanol–water partition coefficient (Wildman–Crippen LogP) is 2.55. The molecule has 1 saturated heterocycles. The molecule has 1 aliphatic heterocycles. The summed E-state index contributed by atoms with van der Waals surface area (Å²) in [6, 6.07) is 6.54. The summed E-state index contributed by atoms with van der Waals surface area (Å²) >= 11 is 0. The summed E-state index contributed by atoms with van der Waals surface area (Å²) in [4.78, 5) is 2.54. The number of ether oxygens (including phenoxy) is 1. The van der Waals surface area contributed by atoms with Crippen LogP contribution in [0.1, 0.15) is 43.7 Å². The van der Waals surface area contributed by atoms with Crippen LogP contribution in [0.2, 0.25) is 0 Å². The molecule has 1 aromatic carbocycles. The third-order valence-corrected chi connectivity index (χ3v) is 4.26. The highest BCUT2D eigenvalue weighted by molar-refractivity contribution is 5.99. The van der Waals surface area contributed by atoms with E-state index >= 15 is 0 Å². The van der Waals surface area contributed by atoms with E-state index in [1.807, 2.05) is 18.2 Å². The number of rotatable bonds is 5. The molecule has 1 aliphatic rings. The van der Waals surface area contributed by atoms with Crippen molar-refractivity contribution < 1.29 is 9.94 Å². The lowest BCUT2D eigenvalue weighted by Crippen LogP contribution is -2.38. The van der Waals surface area contributed by atoms with Gasteiger partial charge in [-0.25, -0.2) is 0 Å². The standard InChI is InChI=1S/C16H25N3O2/c1-3-13-6-4-5-9-19(13)11-12-7-8-14(16(17)18-20)15(10-12)21-2/h7-8,10,13,20H,3-6,9,11H2,1-2H3,(H2,17,18). The molecule has 5 nitrogen and oxygen atoms in total. The molecule has 0 aliphatic carbocycles. The number of oxime groups is 1. The van der Waals surface area contributed by atoms with Crippen molar-refractivity contribution in [3.8, 4) is 5.75 Å². The van der Waals surface area contributed by atoms with Gasteiger partial charge in [0.2, 0.25) is 0 Å². The molecule has 0 bridgehead atoms. The molecule has 1 fully saturated rings. The fourth-order valence-corrected chi connectivity index (χ4v) is 3.06. The maximum atomic E-state index is 8.80. The number of nitrogens with zero attached hydrogens (tertiary/aromatic N) is 2. The molecule has 2 rings (SSSR count). The first-order valence-corrected chi connectivity index (χ1v) is 7.58. The molecule has 0 aromatic heterocycles. The van der Waals surface area contributed by atoms with E-state index in [0.717, 1.165) is 13.1 Å². The Morgan fingerprint density at radius 1 is 1.48 bits per heavy atom. The van der Waals surface area contributed by atoms with Gasteiger partial charge in [-0.05, 0) is 43.5 Å². The van der Waals surface area contributed by atoms with Crippen molar-refractivity contribution in [2.45, 2.75) is 45.2 Å². The molecule has 116 valence electrons. The Balaban J connectivity index is 2.17.